The van der Waals surface area contributed by atoms with Gasteiger partial charge in [0.2, 0.25) is 0 Å². The van der Waals surface area contributed by atoms with Crippen molar-refractivity contribution in [2.45, 2.75) is 19.3 Å². The van der Waals surface area contributed by atoms with E-state index in [1.54, 1.807) is 0 Å². The monoisotopic (exact) mass is 224 g/mol. The van der Waals surface area contributed by atoms with E-state index in [0.29, 0.717) is 0 Å². The molecule has 2 rings (SSSR count). The van der Waals surface area contributed by atoms with Gasteiger partial charge in [0.05, 0.1) is 5.52 Å². The molecule has 1 aromatic heterocycles. The molecule has 0 atom stereocenters. The summed E-state index contributed by atoms with van der Waals surface area (Å²) in [5.41, 5.74) is 2.18. The molecule has 0 aliphatic heterocycles. The molecule has 0 bridgehead atoms. The third-order valence-corrected chi connectivity index (χ3v) is 2.71. The lowest BCUT2D eigenvalue weighted by Gasteiger charge is -2.08. The van der Waals surface area contributed by atoms with Gasteiger partial charge in [-0.25, -0.2) is 0 Å². The van der Waals surface area contributed by atoms with Crippen LogP contribution in [-0.2, 0) is 0 Å². The smallest absolute Gasteiger partial charge is 0.0722 e. The van der Waals surface area contributed by atoms with Crippen molar-refractivity contribution in [3.05, 3.63) is 36.5 Å². The number of unbranched alkanes of at least 4 members (excludes halogenated alkanes) is 2. The number of anilines is 1. The van der Waals surface area contributed by atoms with Gasteiger partial charge in [-0.2, -0.15) is 0 Å². The van der Waals surface area contributed by atoms with Crippen LogP contribution < -0.4 is 5.32 Å². The molecule has 1 aromatic carbocycles. The molecular weight excluding hydrogens is 208 g/mol. The Morgan fingerprint density at radius 3 is 2.94 bits per heavy atom. The second-order valence-electron chi connectivity index (χ2n) is 3.96. The van der Waals surface area contributed by atoms with E-state index in [1.807, 2.05) is 30.5 Å². The number of pyridine rings is 1. The first kappa shape index (κ1) is 11.5. The first-order valence-corrected chi connectivity index (χ1v) is 5.93. The maximum absolute atomic E-state index is 5.22. The Morgan fingerprint density at radius 2 is 2.06 bits per heavy atom. The van der Waals surface area contributed by atoms with Crippen molar-refractivity contribution < 1.29 is 0 Å². The number of para-hydroxylation sites is 1. The van der Waals surface area contributed by atoms with Gasteiger partial charge in [-0.3, -0.25) is 4.98 Å². The van der Waals surface area contributed by atoms with Crippen LogP contribution >= 0.6 is 0 Å². The average molecular weight is 224 g/mol. The van der Waals surface area contributed by atoms with Crippen LogP contribution in [0.2, 0.25) is 0 Å². The van der Waals surface area contributed by atoms with Crippen molar-refractivity contribution in [2.24, 2.45) is 0 Å². The number of aromatic nitrogens is 1. The van der Waals surface area contributed by atoms with E-state index in [1.165, 1.54) is 5.39 Å². The van der Waals surface area contributed by atoms with Gasteiger partial charge in [0.1, 0.15) is 0 Å². The molecule has 1 heterocycles. The molecule has 17 heavy (non-hydrogen) atoms. The van der Waals surface area contributed by atoms with Crippen LogP contribution in [0.4, 0.5) is 5.69 Å². The number of hydrogen-bond donors (Lipinski definition) is 1. The molecule has 86 valence electrons. The summed E-state index contributed by atoms with van der Waals surface area (Å²) in [6, 6.07) is 10.2. The molecule has 0 saturated heterocycles. The summed E-state index contributed by atoms with van der Waals surface area (Å²) in [6.45, 7) is 0.954. The number of nitrogens with zero attached hydrogens (tertiary/aromatic N) is 1. The molecule has 2 heteroatoms. The van der Waals surface area contributed by atoms with Crippen LogP contribution in [-0.4, -0.2) is 11.5 Å². The van der Waals surface area contributed by atoms with Crippen molar-refractivity contribution in [3.63, 3.8) is 0 Å². The summed E-state index contributed by atoms with van der Waals surface area (Å²) < 4.78 is 0. The van der Waals surface area contributed by atoms with E-state index in [-0.39, 0.29) is 0 Å². The highest BCUT2D eigenvalue weighted by molar-refractivity contribution is 5.90. The number of hydrogen-bond acceptors (Lipinski definition) is 2. The van der Waals surface area contributed by atoms with E-state index in [0.717, 1.165) is 37.0 Å². The zero-order valence-electron chi connectivity index (χ0n) is 9.82. The lowest BCUT2D eigenvalue weighted by atomic mass is 10.2. The summed E-state index contributed by atoms with van der Waals surface area (Å²) in [7, 11) is 0. The summed E-state index contributed by atoms with van der Waals surface area (Å²) in [4.78, 5) is 4.33. The van der Waals surface area contributed by atoms with Gasteiger partial charge >= 0.3 is 0 Å². The van der Waals surface area contributed by atoms with Gasteiger partial charge in [-0.1, -0.05) is 18.2 Å². The Balaban J connectivity index is 2.01. The fraction of sp³-hybridized carbons (Fsp3) is 0.267. The first-order valence-electron chi connectivity index (χ1n) is 5.93. The lowest BCUT2D eigenvalue weighted by molar-refractivity contribution is 0.790. The summed E-state index contributed by atoms with van der Waals surface area (Å²) in [5, 5.41) is 4.61. The topological polar surface area (TPSA) is 24.9 Å². The number of rotatable bonds is 5. The van der Waals surface area contributed by atoms with E-state index in [2.05, 4.69) is 22.3 Å². The minimum absolute atomic E-state index is 0.860. The number of nitrogens with one attached hydrogen (secondary N) is 1. The van der Waals surface area contributed by atoms with Gasteiger partial charge in [0.25, 0.3) is 0 Å². The van der Waals surface area contributed by atoms with Gasteiger partial charge in [-0.05, 0) is 25.0 Å². The van der Waals surface area contributed by atoms with Crippen LogP contribution in [0.3, 0.4) is 0 Å². The molecule has 2 nitrogen and oxygen atoms in total. The molecule has 0 saturated carbocycles. The minimum atomic E-state index is 0.860. The summed E-state index contributed by atoms with van der Waals surface area (Å²) >= 11 is 0. The maximum atomic E-state index is 5.22. The fourth-order valence-electron chi connectivity index (χ4n) is 1.83. The molecule has 0 aliphatic rings. The normalized spacial score (nSPS) is 10.1. The average Bonchev–Trinajstić information content (AvgIpc) is 2.39. The molecule has 0 aliphatic carbocycles. The van der Waals surface area contributed by atoms with Crippen LogP contribution in [0.25, 0.3) is 10.9 Å². The molecule has 0 fully saturated rings. The van der Waals surface area contributed by atoms with E-state index in [9.17, 15) is 0 Å². The molecule has 2 aromatic rings. The van der Waals surface area contributed by atoms with Crippen molar-refractivity contribution >= 4 is 16.6 Å². The highest BCUT2D eigenvalue weighted by Gasteiger charge is 1.99. The van der Waals surface area contributed by atoms with Gasteiger partial charge in [0, 0.05) is 30.2 Å². The van der Waals surface area contributed by atoms with Crippen molar-refractivity contribution in [3.8, 4) is 12.3 Å². The SMILES string of the molecule is C#CCCCCNc1ccnc2ccccc12. The third-order valence-electron chi connectivity index (χ3n) is 2.71. The number of terminal acetylenes is 1. The summed E-state index contributed by atoms with van der Waals surface area (Å²) in [6.07, 6.45) is 10.1. The van der Waals surface area contributed by atoms with E-state index >= 15 is 0 Å². The zero-order chi connectivity index (χ0) is 11.9. The number of fused-ring (bicyclic) bond motifs is 1. The lowest BCUT2D eigenvalue weighted by Crippen LogP contribution is -2.02. The maximum Gasteiger partial charge on any atom is 0.0722 e. The predicted octanol–water partition coefficient (Wildman–Crippen LogP) is 3.45. The molecular formula is C15H16N2. The van der Waals surface area contributed by atoms with E-state index < -0.39 is 0 Å². The van der Waals surface area contributed by atoms with Crippen LogP contribution in [0, 0.1) is 12.3 Å². The highest BCUT2D eigenvalue weighted by atomic mass is 14.9. The van der Waals surface area contributed by atoms with Crippen LogP contribution in [0.1, 0.15) is 19.3 Å². The largest absolute Gasteiger partial charge is 0.384 e. The Labute approximate surface area is 102 Å². The van der Waals surface area contributed by atoms with Crippen molar-refractivity contribution in [1.29, 1.82) is 0 Å². The second-order valence-corrected chi connectivity index (χ2v) is 3.96. The van der Waals surface area contributed by atoms with Crippen molar-refractivity contribution in [1.82, 2.24) is 4.98 Å². The fourth-order valence-corrected chi connectivity index (χ4v) is 1.83. The molecule has 0 amide bonds. The number of benzene rings is 1. The second kappa shape index (κ2) is 5.91. The summed E-state index contributed by atoms with van der Waals surface area (Å²) in [5.74, 6) is 2.66. The van der Waals surface area contributed by atoms with Crippen molar-refractivity contribution in [2.75, 3.05) is 11.9 Å². The Morgan fingerprint density at radius 1 is 1.18 bits per heavy atom. The Kier molecular flexibility index (Phi) is 3.99. The van der Waals surface area contributed by atoms with Gasteiger partial charge in [-0.15, -0.1) is 12.3 Å². The van der Waals surface area contributed by atoms with Crippen LogP contribution in [0.15, 0.2) is 36.5 Å². The van der Waals surface area contributed by atoms with Gasteiger partial charge < -0.3 is 5.32 Å². The Bertz CT molecular complexity index is 520. The first-order chi connectivity index (χ1) is 8.42. The Hall–Kier alpha value is -2.01. The molecule has 0 unspecified atom stereocenters. The predicted molar refractivity (Wildman–Crippen MR) is 72.9 cm³/mol. The third kappa shape index (κ3) is 2.98. The minimum Gasteiger partial charge on any atom is -0.384 e. The quantitative estimate of drug-likeness (QED) is 0.621. The molecule has 0 spiro atoms. The zero-order valence-corrected chi connectivity index (χ0v) is 9.82. The van der Waals surface area contributed by atoms with Gasteiger partial charge in [0.15, 0.2) is 0 Å². The van der Waals surface area contributed by atoms with Crippen LogP contribution in [0.5, 0.6) is 0 Å². The molecule has 1 N–H and O–H groups in total. The standard InChI is InChI=1S/C15H16N2/c1-2-3-4-7-11-16-15-10-12-17-14-9-6-5-8-13(14)15/h1,5-6,8-10,12H,3-4,7,11H2,(H,16,17). The van der Waals surface area contributed by atoms with E-state index in [4.69, 9.17) is 6.42 Å². The molecule has 0 radical (unpaired) electrons. The highest BCUT2D eigenvalue weighted by Crippen LogP contribution is 2.20.